The number of aromatic nitrogens is 3. The van der Waals surface area contributed by atoms with E-state index in [2.05, 4.69) is 19.7 Å². The Morgan fingerprint density at radius 1 is 0.913 bits per heavy atom. The van der Waals surface area contributed by atoms with E-state index in [0.29, 0.717) is 66.7 Å². The quantitative estimate of drug-likeness (QED) is 0.257. The fourth-order valence-corrected chi connectivity index (χ4v) is 5.78. The second kappa shape index (κ2) is 12.2. The normalized spacial score (nSPS) is 14.3. The van der Waals surface area contributed by atoms with E-state index >= 15 is 0 Å². The Hall–Kier alpha value is -4.80. The number of anilines is 2. The number of amides is 1. The van der Waals surface area contributed by atoms with Crippen molar-refractivity contribution in [3.63, 3.8) is 0 Å². The largest absolute Gasteiger partial charge is 0.574 e. The highest BCUT2D eigenvalue weighted by Gasteiger charge is 2.34. The highest BCUT2D eigenvalue weighted by Crippen LogP contribution is 2.35. The van der Waals surface area contributed by atoms with Gasteiger partial charge in [-0.25, -0.2) is 36.9 Å². The number of alkyl halides is 3. The van der Waals surface area contributed by atoms with Crippen molar-refractivity contribution >= 4 is 38.5 Å². The van der Waals surface area contributed by atoms with Gasteiger partial charge in [0.05, 0.1) is 5.52 Å². The van der Waals surface area contributed by atoms with E-state index in [9.17, 15) is 35.2 Å². The molecule has 17 heteroatoms. The van der Waals surface area contributed by atoms with Crippen LogP contribution in [0.1, 0.15) is 20.8 Å². The summed E-state index contributed by atoms with van der Waals surface area (Å²) >= 11 is 0. The van der Waals surface area contributed by atoms with Crippen molar-refractivity contribution in [3.8, 4) is 17.0 Å². The summed E-state index contributed by atoms with van der Waals surface area (Å²) in [5, 5.41) is 0.567. The zero-order valence-corrected chi connectivity index (χ0v) is 25.4. The number of benzene rings is 2. The zero-order chi connectivity index (χ0) is 33.4. The average Bonchev–Trinajstić information content (AvgIpc) is 2.95. The SMILES string of the molecule is CC(C)(C)OC(=O)N1CCN(c2ncnc3ccc(-c4cnc(OC(F)(F)F)c(NS(=O)(=O)c5ccc(F)cc5F)c4)cc23)CC1. The molecule has 3 heterocycles. The molecule has 11 nitrogen and oxygen atoms in total. The number of hydrogen-bond donors (Lipinski definition) is 1. The van der Waals surface area contributed by atoms with E-state index in [0.717, 1.165) is 12.3 Å². The van der Waals surface area contributed by atoms with Gasteiger partial charge in [-0.1, -0.05) is 6.07 Å². The van der Waals surface area contributed by atoms with Crippen LogP contribution < -0.4 is 14.4 Å². The van der Waals surface area contributed by atoms with E-state index in [4.69, 9.17) is 4.74 Å². The Bertz CT molecular complexity index is 1890. The second-order valence-corrected chi connectivity index (χ2v) is 12.8. The number of ether oxygens (including phenoxy) is 2. The number of sulfonamides is 1. The predicted octanol–water partition coefficient (Wildman–Crippen LogP) is 5.73. The molecule has 1 N–H and O–H groups in total. The van der Waals surface area contributed by atoms with Gasteiger partial charge >= 0.3 is 12.5 Å². The van der Waals surface area contributed by atoms with Crippen molar-refractivity contribution < 1.29 is 44.6 Å². The molecule has 1 aliphatic rings. The van der Waals surface area contributed by atoms with Crippen LogP contribution in [-0.4, -0.2) is 72.5 Å². The molecule has 2 aromatic carbocycles. The molecule has 0 aliphatic carbocycles. The molecular weight excluding hydrogens is 639 g/mol. The molecule has 4 aromatic rings. The van der Waals surface area contributed by atoms with Crippen molar-refractivity contribution in [1.82, 2.24) is 19.9 Å². The van der Waals surface area contributed by atoms with Crippen LogP contribution >= 0.6 is 0 Å². The van der Waals surface area contributed by atoms with E-state index in [-0.39, 0.29) is 5.56 Å². The standard InChI is InChI=1S/C29H27F5N6O5S/c1-28(2,3)45-27(41)40-10-8-39(9-11-40)25-20-12-17(4-6-22(20)36-16-37-25)18-13-23(26(35-15-18)44-29(32,33)34)38-46(42,43)24-7-5-19(30)14-21(24)31/h4-7,12-16,38H,8-11H2,1-3H3. The highest BCUT2D eigenvalue weighted by atomic mass is 32.2. The van der Waals surface area contributed by atoms with Crippen molar-refractivity contribution in [2.45, 2.75) is 37.6 Å². The molecular formula is C29H27F5N6O5S. The van der Waals surface area contributed by atoms with E-state index in [1.54, 1.807) is 43.9 Å². The van der Waals surface area contributed by atoms with Gasteiger partial charge in [-0.15, -0.1) is 13.2 Å². The first-order valence-corrected chi connectivity index (χ1v) is 15.2. The maximum atomic E-state index is 14.3. The van der Waals surface area contributed by atoms with Crippen LogP contribution in [0.5, 0.6) is 5.88 Å². The van der Waals surface area contributed by atoms with Crippen LogP contribution in [0.15, 0.2) is 59.9 Å². The third-order valence-corrected chi connectivity index (χ3v) is 8.07. The summed E-state index contributed by atoms with van der Waals surface area (Å²) in [5.74, 6) is -3.11. The fraction of sp³-hybridized carbons (Fsp3) is 0.310. The van der Waals surface area contributed by atoms with Crippen LogP contribution in [-0.2, 0) is 14.8 Å². The number of hydrogen-bond acceptors (Lipinski definition) is 9. The number of halogens is 5. The molecule has 1 amide bonds. The molecule has 1 fully saturated rings. The lowest BCUT2D eigenvalue weighted by Gasteiger charge is -2.36. The van der Waals surface area contributed by atoms with Gasteiger partial charge in [-0.05, 0) is 56.7 Å². The number of carbonyl (C=O) groups is 1. The lowest BCUT2D eigenvalue weighted by Crippen LogP contribution is -2.50. The molecule has 1 aliphatic heterocycles. The molecule has 244 valence electrons. The number of carbonyl (C=O) groups excluding carboxylic acids is 1. The summed E-state index contributed by atoms with van der Waals surface area (Å²) in [5.41, 5.74) is -0.285. The van der Waals surface area contributed by atoms with Crippen LogP contribution in [0.4, 0.5) is 38.3 Å². The average molecular weight is 667 g/mol. The minimum absolute atomic E-state index is 0.165. The molecule has 0 spiro atoms. The van der Waals surface area contributed by atoms with Crippen molar-refractivity contribution in [3.05, 3.63) is 66.6 Å². The molecule has 0 saturated carbocycles. The van der Waals surface area contributed by atoms with Gasteiger partial charge in [0.1, 0.15) is 40.0 Å². The fourth-order valence-electron chi connectivity index (χ4n) is 4.67. The number of fused-ring (bicyclic) bond motifs is 1. The maximum Gasteiger partial charge on any atom is 0.574 e. The first kappa shape index (κ1) is 32.6. The molecule has 0 unspecified atom stereocenters. The van der Waals surface area contributed by atoms with Gasteiger partial charge in [-0.2, -0.15) is 0 Å². The lowest BCUT2D eigenvalue weighted by atomic mass is 10.0. The van der Waals surface area contributed by atoms with Crippen molar-refractivity contribution in [2.75, 3.05) is 35.8 Å². The Labute approximate surface area is 260 Å². The van der Waals surface area contributed by atoms with Crippen molar-refractivity contribution in [1.29, 1.82) is 0 Å². The van der Waals surface area contributed by atoms with Gasteiger partial charge in [0.2, 0.25) is 5.88 Å². The summed E-state index contributed by atoms with van der Waals surface area (Å²) in [7, 11) is -4.86. The molecule has 1 saturated heterocycles. The van der Waals surface area contributed by atoms with Gasteiger partial charge in [0.15, 0.2) is 0 Å². The summed E-state index contributed by atoms with van der Waals surface area (Å²) in [4.78, 5) is 27.4. The number of rotatable bonds is 6. The summed E-state index contributed by atoms with van der Waals surface area (Å²) in [6.07, 6.45) is -3.25. The second-order valence-electron chi connectivity index (χ2n) is 11.2. The highest BCUT2D eigenvalue weighted by molar-refractivity contribution is 7.92. The minimum atomic E-state index is -5.24. The molecule has 0 radical (unpaired) electrons. The van der Waals surface area contributed by atoms with Crippen molar-refractivity contribution in [2.24, 2.45) is 0 Å². The summed E-state index contributed by atoms with van der Waals surface area (Å²) in [6, 6.07) is 7.58. The Balaban J connectivity index is 1.47. The van der Waals surface area contributed by atoms with Crippen LogP contribution in [0.3, 0.4) is 0 Å². The smallest absolute Gasteiger partial charge is 0.444 e. The predicted molar refractivity (Wildman–Crippen MR) is 157 cm³/mol. The monoisotopic (exact) mass is 666 g/mol. The van der Waals surface area contributed by atoms with Gasteiger partial charge in [-0.3, -0.25) is 4.72 Å². The first-order valence-electron chi connectivity index (χ1n) is 13.7. The van der Waals surface area contributed by atoms with E-state index < -0.39 is 56.2 Å². The van der Waals surface area contributed by atoms with Crippen LogP contribution in [0, 0.1) is 11.6 Å². The van der Waals surface area contributed by atoms with E-state index in [1.165, 1.54) is 6.33 Å². The maximum absolute atomic E-state index is 14.3. The third-order valence-electron chi connectivity index (χ3n) is 6.67. The number of nitrogens with one attached hydrogen (secondary N) is 1. The zero-order valence-electron chi connectivity index (χ0n) is 24.6. The minimum Gasteiger partial charge on any atom is -0.444 e. The summed E-state index contributed by atoms with van der Waals surface area (Å²) in [6.45, 7) is 6.91. The number of pyridine rings is 1. The van der Waals surface area contributed by atoms with Gasteiger partial charge in [0, 0.05) is 49.4 Å². The number of piperazine rings is 1. The Morgan fingerprint density at radius 2 is 1.63 bits per heavy atom. The molecule has 46 heavy (non-hydrogen) atoms. The van der Waals surface area contributed by atoms with Crippen LogP contribution in [0.2, 0.25) is 0 Å². The molecule has 5 rings (SSSR count). The Kier molecular flexibility index (Phi) is 8.63. The summed E-state index contributed by atoms with van der Waals surface area (Å²) < 4.78 is 104. The Morgan fingerprint density at radius 3 is 2.28 bits per heavy atom. The first-order chi connectivity index (χ1) is 21.5. The van der Waals surface area contributed by atoms with E-state index in [1.807, 2.05) is 9.62 Å². The van der Waals surface area contributed by atoms with Crippen LogP contribution in [0.25, 0.3) is 22.0 Å². The number of nitrogens with zero attached hydrogens (tertiary/aromatic N) is 5. The molecule has 0 atom stereocenters. The third kappa shape index (κ3) is 7.52. The topological polar surface area (TPSA) is 127 Å². The lowest BCUT2D eigenvalue weighted by molar-refractivity contribution is -0.275. The van der Waals surface area contributed by atoms with Gasteiger partial charge in [0.25, 0.3) is 10.0 Å². The molecule has 2 aromatic heterocycles. The van der Waals surface area contributed by atoms with Gasteiger partial charge < -0.3 is 19.3 Å². The molecule has 0 bridgehead atoms.